The topological polar surface area (TPSA) is 52.6 Å². The molecule has 0 amide bonds. The highest BCUT2D eigenvalue weighted by Gasteiger charge is 2.29. The summed E-state index contributed by atoms with van der Waals surface area (Å²) in [6, 6.07) is 11.8. The highest BCUT2D eigenvalue weighted by atomic mass is 35.5. The third-order valence-electron chi connectivity index (χ3n) is 6.36. The van der Waals surface area contributed by atoms with Crippen molar-refractivity contribution in [2.45, 2.75) is 25.3 Å². The molecule has 7 heteroatoms. The van der Waals surface area contributed by atoms with Crippen LogP contribution in [-0.2, 0) is 6.54 Å². The Morgan fingerprint density at radius 3 is 2.58 bits per heavy atom. The second-order valence-electron chi connectivity index (χ2n) is 8.53. The Balaban J connectivity index is 1.49. The highest BCUT2D eigenvalue weighted by molar-refractivity contribution is 6.35. The van der Waals surface area contributed by atoms with E-state index in [1.807, 2.05) is 29.2 Å². The first-order valence-corrected chi connectivity index (χ1v) is 11.3. The number of rotatable bonds is 4. The van der Waals surface area contributed by atoms with Crippen molar-refractivity contribution in [1.29, 1.82) is 0 Å². The molecule has 3 aromatic rings. The highest BCUT2D eigenvalue weighted by Crippen LogP contribution is 2.39. The maximum absolute atomic E-state index is 12.3. The fourth-order valence-corrected chi connectivity index (χ4v) is 5.42. The number of likely N-dealkylation sites (N-methyl/N-ethyl adjacent to an activating group) is 1. The van der Waals surface area contributed by atoms with Crippen LogP contribution in [-0.4, -0.2) is 31.6 Å². The zero-order valence-electron chi connectivity index (χ0n) is 17.3. The molecule has 160 valence electrons. The van der Waals surface area contributed by atoms with Gasteiger partial charge < -0.3 is 15.1 Å². The Bertz CT molecular complexity index is 1230. The molecule has 0 unspecified atom stereocenters. The summed E-state index contributed by atoms with van der Waals surface area (Å²) < 4.78 is 0. The van der Waals surface area contributed by atoms with Crippen molar-refractivity contribution < 1.29 is 0 Å². The van der Waals surface area contributed by atoms with Crippen LogP contribution in [0, 0.1) is 0 Å². The Morgan fingerprint density at radius 2 is 1.81 bits per heavy atom. The summed E-state index contributed by atoms with van der Waals surface area (Å²) >= 11 is 12.8. The number of hydrogen-bond donors (Lipinski definition) is 1. The molecule has 1 fully saturated rings. The monoisotopic (exact) mass is 455 g/mol. The molecule has 0 aliphatic carbocycles. The maximum Gasteiger partial charge on any atom is 0.253 e. The zero-order chi connectivity index (χ0) is 21.7. The number of halogens is 2. The Hall–Kier alpha value is -2.34. The van der Waals surface area contributed by atoms with Crippen molar-refractivity contribution >= 4 is 40.3 Å². The van der Waals surface area contributed by atoms with Crippen LogP contribution in [0.4, 0.5) is 17.1 Å². The number of nitrogens with zero attached hydrogens (tertiary/aromatic N) is 2. The minimum atomic E-state index is -0.436. The number of nitrogens with one attached hydrogen (secondary N) is 1. The van der Waals surface area contributed by atoms with Crippen molar-refractivity contribution in [2.24, 2.45) is 0 Å². The van der Waals surface area contributed by atoms with Gasteiger partial charge in [0.05, 0.1) is 0 Å². The lowest BCUT2D eigenvalue weighted by Gasteiger charge is -2.33. The van der Waals surface area contributed by atoms with E-state index in [1.54, 1.807) is 6.07 Å². The minimum absolute atomic E-state index is 0.109. The van der Waals surface area contributed by atoms with Gasteiger partial charge >= 0.3 is 0 Å². The first-order chi connectivity index (χ1) is 14.9. The van der Waals surface area contributed by atoms with E-state index in [0.29, 0.717) is 21.4 Å². The number of fused-ring (bicyclic) bond motifs is 1. The van der Waals surface area contributed by atoms with Gasteiger partial charge in [-0.2, -0.15) is 0 Å². The Kier molecular flexibility index (Phi) is 5.29. The molecule has 0 bridgehead atoms. The second kappa shape index (κ2) is 7.97. The van der Waals surface area contributed by atoms with E-state index < -0.39 is 5.43 Å². The van der Waals surface area contributed by atoms with E-state index in [2.05, 4.69) is 23.3 Å². The molecule has 5 rings (SSSR count). The molecule has 31 heavy (non-hydrogen) atoms. The zero-order valence-corrected chi connectivity index (χ0v) is 18.8. The van der Waals surface area contributed by atoms with Crippen molar-refractivity contribution in [2.75, 3.05) is 36.9 Å². The van der Waals surface area contributed by atoms with Crippen LogP contribution < -0.4 is 21.1 Å². The molecule has 1 atom stereocenters. The van der Waals surface area contributed by atoms with Crippen LogP contribution in [0.5, 0.6) is 0 Å². The van der Waals surface area contributed by atoms with Gasteiger partial charge in [-0.15, -0.1) is 0 Å². The molecule has 2 aliphatic rings. The van der Waals surface area contributed by atoms with Crippen LogP contribution in [0.2, 0.25) is 10.0 Å². The van der Waals surface area contributed by atoms with Gasteiger partial charge in [-0.3, -0.25) is 9.59 Å². The van der Waals surface area contributed by atoms with E-state index in [0.717, 1.165) is 61.4 Å². The normalized spacial score (nSPS) is 19.1. The second-order valence-corrected chi connectivity index (χ2v) is 9.37. The SMILES string of the molecule is CN1Cc2c(Cl)cc(Cl)cc2[C@H](c2cccc(Nc3c(N4CCCC4)c(=O)c3=O)c2)C1. The average molecular weight is 456 g/mol. The molecule has 2 aliphatic heterocycles. The molecule has 0 spiro atoms. The van der Waals surface area contributed by atoms with Gasteiger partial charge in [0.1, 0.15) is 11.4 Å². The van der Waals surface area contributed by atoms with Gasteiger partial charge in [0, 0.05) is 47.8 Å². The molecular formula is C24H23Cl2N3O2. The average Bonchev–Trinajstić information content (AvgIpc) is 3.27. The van der Waals surface area contributed by atoms with Crippen molar-refractivity contribution in [3.05, 3.63) is 83.6 Å². The van der Waals surface area contributed by atoms with Crippen LogP contribution in [0.15, 0.2) is 46.0 Å². The van der Waals surface area contributed by atoms with Gasteiger partial charge in [-0.25, -0.2) is 0 Å². The fraction of sp³-hybridized carbons (Fsp3) is 0.333. The van der Waals surface area contributed by atoms with E-state index in [4.69, 9.17) is 23.2 Å². The Labute approximate surface area is 190 Å². The van der Waals surface area contributed by atoms with E-state index in [-0.39, 0.29) is 11.3 Å². The molecular weight excluding hydrogens is 433 g/mol. The summed E-state index contributed by atoms with van der Waals surface area (Å²) in [5.74, 6) is 0.109. The molecule has 1 saturated heterocycles. The number of benzene rings is 2. The van der Waals surface area contributed by atoms with Gasteiger partial charge in [0.15, 0.2) is 0 Å². The molecule has 5 nitrogen and oxygen atoms in total. The first-order valence-electron chi connectivity index (χ1n) is 10.5. The van der Waals surface area contributed by atoms with Gasteiger partial charge in [-0.1, -0.05) is 35.3 Å². The lowest BCUT2D eigenvalue weighted by molar-refractivity contribution is 0.295. The van der Waals surface area contributed by atoms with E-state index in [9.17, 15) is 9.59 Å². The molecule has 0 saturated carbocycles. The predicted molar refractivity (Wildman–Crippen MR) is 127 cm³/mol. The quantitative estimate of drug-likeness (QED) is 0.586. The molecule has 0 radical (unpaired) electrons. The first kappa shape index (κ1) is 20.6. The van der Waals surface area contributed by atoms with Crippen LogP contribution in [0.3, 0.4) is 0 Å². The Morgan fingerprint density at radius 1 is 1.03 bits per heavy atom. The van der Waals surface area contributed by atoms with Crippen molar-refractivity contribution in [3.8, 4) is 0 Å². The largest absolute Gasteiger partial charge is 0.366 e. The van der Waals surface area contributed by atoms with Crippen molar-refractivity contribution in [1.82, 2.24) is 4.90 Å². The van der Waals surface area contributed by atoms with Gasteiger partial charge in [0.25, 0.3) is 10.9 Å². The van der Waals surface area contributed by atoms with Crippen molar-refractivity contribution in [3.63, 3.8) is 0 Å². The molecule has 2 heterocycles. The lowest BCUT2D eigenvalue weighted by atomic mass is 9.84. The number of hydrogen-bond acceptors (Lipinski definition) is 5. The lowest BCUT2D eigenvalue weighted by Crippen LogP contribution is -2.41. The van der Waals surface area contributed by atoms with E-state index in [1.165, 1.54) is 0 Å². The van der Waals surface area contributed by atoms with Gasteiger partial charge in [-0.05, 0) is 60.8 Å². The summed E-state index contributed by atoms with van der Waals surface area (Å²) in [6.07, 6.45) is 2.10. The molecule has 1 N–H and O–H groups in total. The summed E-state index contributed by atoms with van der Waals surface area (Å²) in [6.45, 7) is 3.27. The van der Waals surface area contributed by atoms with E-state index >= 15 is 0 Å². The minimum Gasteiger partial charge on any atom is -0.366 e. The molecule has 0 aromatic heterocycles. The third-order valence-corrected chi connectivity index (χ3v) is 6.91. The van der Waals surface area contributed by atoms with Crippen LogP contribution >= 0.6 is 23.2 Å². The third kappa shape index (κ3) is 3.65. The maximum atomic E-state index is 12.3. The smallest absolute Gasteiger partial charge is 0.253 e. The standard InChI is InChI=1S/C24H23Cl2N3O2/c1-28-12-18(17-10-15(25)11-20(26)19(17)13-28)14-5-4-6-16(9-14)27-21-22(24(31)23(21)30)29-7-2-3-8-29/h4-6,9-11,18,27H,2-3,7-8,12-13H2,1H3/t18-/m0/s1. The van der Waals surface area contributed by atoms with Crippen LogP contribution in [0.25, 0.3) is 0 Å². The summed E-state index contributed by atoms with van der Waals surface area (Å²) in [7, 11) is 2.08. The summed E-state index contributed by atoms with van der Waals surface area (Å²) in [4.78, 5) is 28.7. The fourth-order valence-electron chi connectivity index (χ4n) is 4.85. The van der Waals surface area contributed by atoms with Crippen LogP contribution in [0.1, 0.15) is 35.4 Å². The number of anilines is 3. The summed E-state index contributed by atoms with van der Waals surface area (Å²) in [5, 5.41) is 4.54. The summed E-state index contributed by atoms with van der Waals surface area (Å²) in [5.41, 5.74) is 4.28. The predicted octanol–water partition coefficient (Wildman–Crippen LogP) is 4.51. The van der Waals surface area contributed by atoms with Gasteiger partial charge in [0.2, 0.25) is 0 Å². The molecule has 3 aromatic carbocycles.